The lowest BCUT2D eigenvalue weighted by Crippen LogP contribution is -2.02. The van der Waals surface area contributed by atoms with E-state index in [-0.39, 0.29) is 0 Å². The molecule has 72 valence electrons. The second-order valence-electron chi connectivity index (χ2n) is 3.01. The molecule has 0 spiro atoms. The van der Waals surface area contributed by atoms with Gasteiger partial charge in [0.2, 0.25) is 5.95 Å². The Hall–Kier alpha value is -1.42. The maximum Gasteiger partial charge on any atom is 0.223 e. The van der Waals surface area contributed by atoms with E-state index in [4.69, 9.17) is 0 Å². The molecule has 0 amide bonds. The fraction of sp³-hybridized carbons (Fsp3) is 0.200. The molecule has 2 heterocycles. The Morgan fingerprint density at radius 3 is 3.07 bits per heavy atom. The van der Waals surface area contributed by atoms with Gasteiger partial charge in [-0.1, -0.05) is 0 Å². The van der Waals surface area contributed by atoms with Crippen LogP contribution in [0.3, 0.4) is 0 Å². The molecule has 14 heavy (non-hydrogen) atoms. The molecule has 0 fully saturated rings. The van der Waals surface area contributed by atoms with Gasteiger partial charge in [0.05, 0.1) is 0 Å². The Morgan fingerprint density at radius 2 is 2.36 bits per heavy atom. The van der Waals surface area contributed by atoms with Crippen LogP contribution in [-0.4, -0.2) is 9.97 Å². The second kappa shape index (κ2) is 4.19. The average Bonchev–Trinajstić information content (AvgIpc) is 2.67. The van der Waals surface area contributed by atoms with E-state index in [0.717, 1.165) is 12.2 Å². The van der Waals surface area contributed by atoms with E-state index in [1.165, 1.54) is 5.56 Å². The largest absolute Gasteiger partial charge is 0.350 e. The predicted molar refractivity (Wildman–Crippen MR) is 58.4 cm³/mol. The molecule has 2 aromatic rings. The quantitative estimate of drug-likeness (QED) is 0.836. The number of hydrogen-bond donors (Lipinski definition) is 1. The first-order valence-electron chi connectivity index (χ1n) is 4.39. The van der Waals surface area contributed by atoms with Crippen molar-refractivity contribution in [3.05, 3.63) is 40.3 Å². The van der Waals surface area contributed by atoms with Crippen molar-refractivity contribution in [1.82, 2.24) is 9.97 Å². The molecule has 2 rings (SSSR count). The van der Waals surface area contributed by atoms with E-state index in [1.807, 2.05) is 13.0 Å². The van der Waals surface area contributed by atoms with Gasteiger partial charge in [-0.25, -0.2) is 9.97 Å². The number of nitrogens with one attached hydrogen (secondary N) is 1. The van der Waals surface area contributed by atoms with Crippen LogP contribution in [-0.2, 0) is 6.54 Å². The molecular weight excluding hydrogens is 194 g/mol. The molecule has 1 N–H and O–H groups in total. The number of aromatic nitrogens is 2. The molecule has 0 atom stereocenters. The standard InChI is InChI=1S/C10H11N3S/c1-8-2-4-11-10(13-8)12-6-9-3-5-14-7-9/h2-5,7H,6H2,1H3,(H,11,12,13). The number of rotatable bonds is 3. The highest BCUT2D eigenvalue weighted by molar-refractivity contribution is 7.07. The fourth-order valence-corrected chi connectivity index (χ4v) is 1.78. The van der Waals surface area contributed by atoms with E-state index in [1.54, 1.807) is 17.5 Å². The molecule has 0 aromatic carbocycles. The van der Waals surface area contributed by atoms with Gasteiger partial charge in [-0.3, -0.25) is 0 Å². The number of aryl methyl sites for hydroxylation is 1. The first-order valence-corrected chi connectivity index (χ1v) is 5.33. The van der Waals surface area contributed by atoms with Crippen molar-refractivity contribution in [2.75, 3.05) is 5.32 Å². The molecule has 2 aromatic heterocycles. The van der Waals surface area contributed by atoms with Crippen LogP contribution in [0.15, 0.2) is 29.1 Å². The number of thiophene rings is 1. The summed E-state index contributed by atoms with van der Waals surface area (Å²) in [5, 5.41) is 7.35. The van der Waals surface area contributed by atoms with E-state index in [2.05, 4.69) is 32.1 Å². The summed E-state index contributed by atoms with van der Waals surface area (Å²) in [6.07, 6.45) is 1.76. The van der Waals surface area contributed by atoms with Gasteiger partial charge in [-0.15, -0.1) is 0 Å². The molecule has 0 bridgehead atoms. The van der Waals surface area contributed by atoms with E-state index in [9.17, 15) is 0 Å². The minimum atomic E-state index is 0.691. The van der Waals surface area contributed by atoms with Crippen molar-refractivity contribution >= 4 is 17.3 Å². The van der Waals surface area contributed by atoms with Gasteiger partial charge in [-0.2, -0.15) is 11.3 Å². The highest BCUT2D eigenvalue weighted by atomic mass is 32.1. The number of nitrogens with zero attached hydrogens (tertiary/aromatic N) is 2. The van der Waals surface area contributed by atoms with Crippen molar-refractivity contribution in [3.8, 4) is 0 Å². The molecule has 0 saturated carbocycles. The summed E-state index contributed by atoms with van der Waals surface area (Å²) >= 11 is 1.70. The van der Waals surface area contributed by atoms with E-state index < -0.39 is 0 Å². The molecule has 0 aliphatic carbocycles. The summed E-state index contributed by atoms with van der Waals surface area (Å²) in [6, 6.07) is 3.98. The van der Waals surface area contributed by atoms with Crippen molar-refractivity contribution in [1.29, 1.82) is 0 Å². The van der Waals surface area contributed by atoms with E-state index in [0.29, 0.717) is 5.95 Å². The Kier molecular flexibility index (Phi) is 2.74. The number of anilines is 1. The highest BCUT2D eigenvalue weighted by Crippen LogP contribution is 2.07. The molecule has 0 unspecified atom stereocenters. The first kappa shape index (κ1) is 9.15. The van der Waals surface area contributed by atoms with Gasteiger partial charge in [0.15, 0.2) is 0 Å². The monoisotopic (exact) mass is 205 g/mol. The second-order valence-corrected chi connectivity index (χ2v) is 3.79. The normalized spacial score (nSPS) is 10.1. The van der Waals surface area contributed by atoms with Crippen LogP contribution >= 0.6 is 11.3 Å². The van der Waals surface area contributed by atoms with Gasteiger partial charge in [0.25, 0.3) is 0 Å². The molecular formula is C10H11N3S. The van der Waals surface area contributed by atoms with Crippen LogP contribution in [0.1, 0.15) is 11.3 Å². The van der Waals surface area contributed by atoms with Gasteiger partial charge >= 0.3 is 0 Å². The zero-order valence-corrected chi connectivity index (χ0v) is 8.71. The minimum absolute atomic E-state index is 0.691. The van der Waals surface area contributed by atoms with Crippen molar-refractivity contribution in [3.63, 3.8) is 0 Å². The van der Waals surface area contributed by atoms with Crippen LogP contribution in [0, 0.1) is 6.92 Å². The van der Waals surface area contributed by atoms with Gasteiger partial charge in [0.1, 0.15) is 0 Å². The smallest absolute Gasteiger partial charge is 0.223 e. The first-order chi connectivity index (χ1) is 6.84. The van der Waals surface area contributed by atoms with Crippen molar-refractivity contribution in [2.24, 2.45) is 0 Å². The molecule has 4 heteroatoms. The average molecular weight is 205 g/mol. The molecule has 3 nitrogen and oxygen atoms in total. The summed E-state index contributed by atoms with van der Waals surface area (Å²) in [4.78, 5) is 8.37. The lowest BCUT2D eigenvalue weighted by Gasteiger charge is -2.02. The zero-order valence-electron chi connectivity index (χ0n) is 7.90. The topological polar surface area (TPSA) is 37.8 Å². The third kappa shape index (κ3) is 2.29. The molecule has 0 saturated heterocycles. The Bertz CT molecular complexity index is 398. The Morgan fingerprint density at radius 1 is 1.43 bits per heavy atom. The third-order valence-electron chi connectivity index (χ3n) is 1.83. The summed E-state index contributed by atoms with van der Waals surface area (Å²) < 4.78 is 0. The SMILES string of the molecule is Cc1ccnc(NCc2ccsc2)n1. The summed E-state index contributed by atoms with van der Waals surface area (Å²) in [6.45, 7) is 2.74. The molecule has 0 aliphatic heterocycles. The van der Waals surface area contributed by atoms with Gasteiger partial charge in [0, 0.05) is 18.4 Å². The molecule has 0 radical (unpaired) electrons. The van der Waals surface area contributed by atoms with Crippen LogP contribution in [0.25, 0.3) is 0 Å². The van der Waals surface area contributed by atoms with Crippen molar-refractivity contribution in [2.45, 2.75) is 13.5 Å². The zero-order chi connectivity index (χ0) is 9.80. The lowest BCUT2D eigenvalue weighted by atomic mass is 10.3. The van der Waals surface area contributed by atoms with E-state index >= 15 is 0 Å². The summed E-state index contributed by atoms with van der Waals surface area (Å²) in [7, 11) is 0. The summed E-state index contributed by atoms with van der Waals surface area (Å²) in [5.41, 5.74) is 2.24. The Labute approximate surface area is 86.8 Å². The summed E-state index contributed by atoms with van der Waals surface area (Å²) in [5.74, 6) is 0.691. The fourth-order valence-electron chi connectivity index (χ4n) is 1.11. The predicted octanol–water partition coefficient (Wildman–Crippen LogP) is 2.46. The van der Waals surface area contributed by atoms with Crippen LogP contribution in [0.2, 0.25) is 0 Å². The van der Waals surface area contributed by atoms with Gasteiger partial charge < -0.3 is 5.32 Å². The van der Waals surface area contributed by atoms with Crippen LogP contribution in [0.5, 0.6) is 0 Å². The minimum Gasteiger partial charge on any atom is -0.350 e. The van der Waals surface area contributed by atoms with Crippen LogP contribution < -0.4 is 5.32 Å². The maximum absolute atomic E-state index is 4.25. The molecule has 0 aliphatic rings. The van der Waals surface area contributed by atoms with Gasteiger partial charge in [-0.05, 0) is 35.4 Å². The lowest BCUT2D eigenvalue weighted by molar-refractivity contribution is 1.03. The third-order valence-corrected chi connectivity index (χ3v) is 2.56. The Balaban J connectivity index is 1.98. The maximum atomic E-state index is 4.25. The van der Waals surface area contributed by atoms with Crippen LogP contribution in [0.4, 0.5) is 5.95 Å². The van der Waals surface area contributed by atoms with Crippen molar-refractivity contribution < 1.29 is 0 Å². The highest BCUT2D eigenvalue weighted by Gasteiger charge is 1.96. The number of hydrogen-bond acceptors (Lipinski definition) is 4.